The molecule has 0 unspecified atom stereocenters. The fourth-order valence-corrected chi connectivity index (χ4v) is 1.44. The smallest absolute Gasteiger partial charge is 0.196 e. The minimum absolute atomic E-state index is 0.0256. The van der Waals surface area contributed by atoms with Crippen LogP contribution in [0.2, 0.25) is 0 Å². The predicted molar refractivity (Wildman–Crippen MR) is 54.6 cm³/mol. The molecule has 0 aromatic carbocycles. The molecule has 2 aromatic heterocycles. The number of hydrogen-bond acceptors (Lipinski definition) is 6. The van der Waals surface area contributed by atoms with Crippen LogP contribution in [0.4, 0.5) is 0 Å². The number of aliphatic hydroxyl groups excluding tert-OH is 2. The van der Waals surface area contributed by atoms with Gasteiger partial charge in [0.1, 0.15) is 6.33 Å². The van der Waals surface area contributed by atoms with E-state index in [-0.39, 0.29) is 19.1 Å². The molecule has 2 aromatic rings. The van der Waals surface area contributed by atoms with E-state index in [0.717, 1.165) is 0 Å². The van der Waals surface area contributed by atoms with Gasteiger partial charge in [-0.2, -0.15) is 9.61 Å². The van der Waals surface area contributed by atoms with Crippen molar-refractivity contribution in [2.75, 3.05) is 13.2 Å². The maximum atomic E-state index is 8.94. The second-order valence-electron chi connectivity index (χ2n) is 3.57. The standard InChI is InChI=1S/C9H13N5O2/c15-4-7(5-16)1-2-8-12-13-9-3-10-6-11-14(8)9/h3,6-7,15-16H,1-2,4-5H2. The van der Waals surface area contributed by atoms with Crippen LogP contribution < -0.4 is 0 Å². The molecule has 0 saturated carbocycles. The van der Waals surface area contributed by atoms with Gasteiger partial charge in [0.2, 0.25) is 0 Å². The van der Waals surface area contributed by atoms with Crippen LogP contribution in [0.25, 0.3) is 5.65 Å². The van der Waals surface area contributed by atoms with Crippen molar-refractivity contribution >= 4 is 5.65 Å². The number of aromatic nitrogens is 5. The van der Waals surface area contributed by atoms with Crippen molar-refractivity contribution in [1.82, 2.24) is 24.8 Å². The average molecular weight is 223 g/mol. The zero-order valence-corrected chi connectivity index (χ0v) is 8.69. The highest BCUT2D eigenvalue weighted by molar-refractivity contribution is 5.31. The van der Waals surface area contributed by atoms with Gasteiger partial charge in [-0.3, -0.25) is 0 Å². The third kappa shape index (κ3) is 2.15. The normalized spacial score (nSPS) is 11.4. The fraction of sp³-hybridized carbons (Fsp3) is 0.556. The maximum absolute atomic E-state index is 8.94. The fourth-order valence-electron chi connectivity index (χ4n) is 1.44. The van der Waals surface area contributed by atoms with Crippen LogP contribution in [0.1, 0.15) is 12.2 Å². The average Bonchev–Trinajstić information content (AvgIpc) is 2.74. The molecule has 2 rings (SSSR count). The Bertz CT molecular complexity index is 454. The monoisotopic (exact) mass is 223 g/mol. The Balaban J connectivity index is 2.09. The lowest BCUT2D eigenvalue weighted by Crippen LogP contribution is -2.13. The first kappa shape index (κ1) is 10.9. The van der Waals surface area contributed by atoms with Gasteiger partial charge in [0, 0.05) is 25.6 Å². The molecule has 0 fully saturated rings. The highest BCUT2D eigenvalue weighted by atomic mass is 16.3. The number of rotatable bonds is 5. The first-order valence-corrected chi connectivity index (χ1v) is 5.07. The summed E-state index contributed by atoms with van der Waals surface area (Å²) in [6, 6.07) is 0. The van der Waals surface area contributed by atoms with Crippen molar-refractivity contribution in [1.29, 1.82) is 0 Å². The third-order valence-electron chi connectivity index (χ3n) is 2.45. The summed E-state index contributed by atoms with van der Waals surface area (Å²) >= 11 is 0. The maximum Gasteiger partial charge on any atom is 0.196 e. The summed E-state index contributed by atoms with van der Waals surface area (Å²) in [5.41, 5.74) is 0.599. The first-order chi connectivity index (χ1) is 7.85. The molecule has 0 aliphatic carbocycles. The number of aliphatic hydroxyl groups is 2. The molecule has 0 amide bonds. The summed E-state index contributed by atoms with van der Waals surface area (Å²) < 4.78 is 1.61. The molecule has 0 atom stereocenters. The number of aryl methyl sites for hydroxylation is 1. The summed E-state index contributed by atoms with van der Waals surface area (Å²) in [7, 11) is 0. The summed E-state index contributed by atoms with van der Waals surface area (Å²) in [5, 5.41) is 29.8. The van der Waals surface area contributed by atoms with Crippen LogP contribution in [-0.4, -0.2) is 48.2 Å². The molecule has 0 radical (unpaired) electrons. The lowest BCUT2D eigenvalue weighted by Gasteiger charge is -2.08. The van der Waals surface area contributed by atoms with Gasteiger partial charge in [0.05, 0.1) is 6.20 Å². The van der Waals surface area contributed by atoms with E-state index < -0.39 is 0 Å². The van der Waals surface area contributed by atoms with Crippen molar-refractivity contribution in [3.8, 4) is 0 Å². The van der Waals surface area contributed by atoms with Gasteiger partial charge in [-0.1, -0.05) is 0 Å². The molecule has 0 spiro atoms. The zero-order chi connectivity index (χ0) is 11.4. The Hall–Kier alpha value is -1.60. The topological polar surface area (TPSA) is 96.4 Å². The van der Waals surface area contributed by atoms with Crippen LogP contribution >= 0.6 is 0 Å². The van der Waals surface area contributed by atoms with E-state index in [9.17, 15) is 0 Å². The first-order valence-electron chi connectivity index (χ1n) is 5.07. The van der Waals surface area contributed by atoms with Crippen LogP contribution in [0.15, 0.2) is 12.5 Å². The highest BCUT2D eigenvalue weighted by Crippen LogP contribution is 2.07. The van der Waals surface area contributed by atoms with Gasteiger partial charge in [0.15, 0.2) is 11.5 Å². The number of hydrogen-bond donors (Lipinski definition) is 2. The second kappa shape index (κ2) is 4.95. The minimum Gasteiger partial charge on any atom is -0.396 e. The molecular weight excluding hydrogens is 210 g/mol. The van der Waals surface area contributed by atoms with Crippen molar-refractivity contribution in [3.05, 3.63) is 18.3 Å². The van der Waals surface area contributed by atoms with Crippen molar-refractivity contribution < 1.29 is 10.2 Å². The molecule has 7 heteroatoms. The molecule has 16 heavy (non-hydrogen) atoms. The van der Waals surface area contributed by atoms with Crippen molar-refractivity contribution in [2.24, 2.45) is 5.92 Å². The summed E-state index contributed by atoms with van der Waals surface area (Å²) in [6.07, 6.45) is 4.27. The van der Waals surface area contributed by atoms with E-state index in [1.165, 1.54) is 6.33 Å². The van der Waals surface area contributed by atoms with Crippen LogP contribution in [0, 0.1) is 5.92 Å². The Labute approximate surface area is 91.8 Å². The quantitative estimate of drug-likeness (QED) is 0.678. The van der Waals surface area contributed by atoms with E-state index in [0.29, 0.717) is 24.3 Å². The molecule has 7 nitrogen and oxygen atoms in total. The van der Waals surface area contributed by atoms with E-state index in [1.54, 1.807) is 10.7 Å². The van der Waals surface area contributed by atoms with Crippen LogP contribution in [0.3, 0.4) is 0 Å². The predicted octanol–water partition coefficient (Wildman–Crippen LogP) is -0.947. The van der Waals surface area contributed by atoms with E-state index in [1.807, 2.05) is 0 Å². The van der Waals surface area contributed by atoms with Crippen molar-refractivity contribution in [3.63, 3.8) is 0 Å². The Morgan fingerprint density at radius 3 is 2.81 bits per heavy atom. The highest BCUT2D eigenvalue weighted by Gasteiger charge is 2.10. The molecular formula is C9H13N5O2. The minimum atomic E-state index is -0.116. The van der Waals surface area contributed by atoms with Gasteiger partial charge >= 0.3 is 0 Å². The molecule has 0 saturated heterocycles. The van der Waals surface area contributed by atoms with Crippen LogP contribution in [-0.2, 0) is 6.42 Å². The molecule has 2 N–H and O–H groups in total. The summed E-state index contributed by atoms with van der Waals surface area (Å²) in [5.74, 6) is 0.596. The Morgan fingerprint density at radius 2 is 2.06 bits per heavy atom. The van der Waals surface area contributed by atoms with Gasteiger partial charge in [-0.25, -0.2) is 4.98 Å². The summed E-state index contributed by atoms with van der Waals surface area (Å²) in [4.78, 5) is 3.84. The lowest BCUT2D eigenvalue weighted by molar-refractivity contribution is 0.143. The number of nitrogens with zero attached hydrogens (tertiary/aromatic N) is 5. The van der Waals surface area contributed by atoms with Gasteiger partial charge in [-0.05, 0) is 6.42 Å². The van der Waals surface area contributed by atoms with Crippen molar-refractivity contribution in [2.45, 2.75) is 12.8 Å². The molecule has 0 aliphatic rings. The van der Waals surface area contributed by atoms with Crippen LogP contribution in [0.5, 0.6) is 0 Å². The number of fused-ring (bicyclic) bond motifs is 1. The van der Waals surface area contributed by atoms with Gasteiger partial charge in [-0.15, -0.1) is 10.2 Å². The van der Waals surface area contributed by atoms with Gasteiger partial charge in [0.25, 0.3) is 0 Å². The molecule has 86 valence electrons. The molecule has 0 aliphatic heterocycles. The summed E-state index contributed by atoms with van der Waals surface area (Å²) in [6.45, 7) is -0.0511. The third-order valence-corrected chi connectivity index (χ3v) is 2.45. The second-order valence-corrected chi connectivity index (χ2v) is 3.57. The molecule has 0 bridgehead atoms. The SMILES string of the molecule is OCC(CO)CCc1nnc2cncnn12. The zero-order valence-electron chi connectivity index (χ0n) is 8.69. The van der Waals surface area contributed by atoms with E-state index in [2.05, 4.69) is 20.3 Å². The Kier molecular flexibility index (Phi) is 3.37. The lowest BCUT2D eigenvalue weighted by atomic mass is 10.1. The Morgan fingerprint density at radius 1 is 1.25 bits per heavy atom. The van der Waals surface area contributed by atoms with Gasteiger partial charge < -0.3 is 10.2 Å². The largest absolute Gasteiger partial charge is 0.396 e. The molecule has 2 heterocycles. The van der Waals surface area contributed by atoms with E-state index in [4.69, 9.17) is 10.2 Å². The van der Waals surface area contributed by atoms with E-state index >= 15 is 0 Å².